The molecule has 0 unspecified atom stereocenters. The average molecular weight is 402 g/mol. The first kappa shape index (κ1) is 24.8. The Labute approximate surface area is 183 Å². The Morgan fingerprint density at radius 1 is 0.655 bits per heavy atom. The molecule has 1 nitrogen and oxygen atoms in total. The minimum atomic E-state index is 0.0386. The van der Waals surface area contributed by atoms with E-state index in [0.29, 0.717) is 0 Å². The molecule has 0 bridgehead atoms. The van der Waals surface area contributed by atoms with Crippen LogP contribution in [0.4, 0.5) is 0 Å². The summed E-state index contributed by atoms with van der Waals surface area (Å²) >= 11 is 0. The molecule has 168 valence electrons. The van der Waals surface area contributed by atoms with E-state index in [2.05, 4.69) is 19.9 Å². The predicted octanol–water partition coefficient (Wildman–Crippen LogP) is 9.60. The van der Waals surface area contributed by atoms with Gasteiger partial charge in [0.25, 0.3) is 0 Å². The maximum atomic E-state index is 9.90. The standard InChI is InChI=1S/C28H51N/c1-3-5-7-9-11-13-21-28(24-29)22-19-27(20-23-28)26-17-15-25(16-18-26)14-12-10-8-6-4-2/h25-27H,3-23H2,1-2H3/t25?,26?,27-,28+. The van der Waals surface area contributed by atoms with Gasteiger partial charge in [0, 0.05) is 0 Å². The highest BCUT2D eigenvalue weighted by molar-refractivity contribution is 5.02. The van der Waals surface area contributed by atoms with Crippen molar-refractivity contribution < 1.29 is 0 Å². The third-order valence-corrected chi connectivity index (χ3v) is 8.51. The number of unbranched alkanes of at least 4 members (excludes halogenated alkanes) is 9. The lowest BCUT2D eigenvalue weighted by atomic mass is 9.63. The molecular formula is C28H51N. The third kappa shape index (κ3) is 9.02. The number of hydrogen-bond acceptors (Lipinski definition) is 1. The largest absolute Gasteiger partial charge is 0.198 e. The van der Waals surface area contributed by atoms with Crippen LogP contribution in [0.3, 0.4) is 0 Å². The van der Waals surface area contributed by atoms with Gasteiger partial charge in [0.15, 0.2) is 0 Å². The lowest BCUT2D eigenvalue weighted by Gasteiger charge is -2.41. The monoisotopic (exact) mass is 401 g/mol. The molecule has 0 radical (unpaired) electrons. The van der Waals surface area contributed by atoms with Gasteiger partial charge in [-0.1, -0.05) is 104 Å². The number of rotatable bonds is 14. The highest BCUT2D eigenvalue weighted by atomic mass is 14.4. The molecule has 2 rings (SSSR count). The molecule has 0 aromatic carbocycles. The Kier molecular flexibility index (Phi) is 12.4. The summed E-state index contributed by atoms with van der Waals surface area (Å²) in [5.41, 5.74) is 0.0386. The van der Waals surface area contributed by atoms with E-state index in [1.165, 1.54) is 135 Å². The van der Waals surface area contributed by atoms with Crippen molar-refractivity contribution in [3.05, 3.63) is 0 Å². The van der Waals surface area contributed by atoms with E-state index in [1.54, 1.807) is 0 Å². The molecule has 0 spiro atoms. The minimum absolute atomic E-state index is 0.0386. The van der Waals surface area contributed by atoms with Gasteiger partial charge in [0.2, 0.25) is 0 Å². The van der Waals surface area contributed by atoms with E-state index in [9.17, 15) is 5.26 Å². The van der Waals surface area contributed by atoms with Gasteiger partial charge in [0.05, 0.1) is 11.5 Å². The summed E-state index contributed by atoms with van der Waals surface area (Å²) in [4.78, 5) is 0. The van der Waals surface area contributed by atoms with Crippen molar-refractivity contribution in [3.8, 4) is 6.07 Å². The lowest BCUT2D eigenvalue weighted by Crippen LogP contribution is -2.31. The summed E-state index contributed by atoms with van der Waals surface area (Å²) < 4.78 is 0. The fourth-order valence-electron chi connectivity index (χ4n) is 6.31. The first-order valence-electron chi connectivity index (χ1n) is 13.6. The van der Waals surface area contributed by atoms with Gasteiger partial charge < -0.3 is 0 Å². The summed E-state index contributed by atoms with van der Waals surface area (Å²) in [7, 11) is 0. The zero-order valence-electron chi connectivity index (χ0n) is 20.0. The molecular weight excluding hydrogens is 350 g/mol. The van der Waals surface area contributed by atoms with E-state index in [1.807, 2.05) is 0 Å². The van der Waals surface area contributed by atoms with Crippen LogP contribution >= 0.6 is 0 Å². The molecule has 0 atom stereocenters. The number of nitriles is 1. The van der Waals surface area contributed by atoms with Crippen LogP contribution in [0.2, 0.25) is 0 Å². The zero-order valence-corrected chi connectivity index (χ0v) is 20.0. The Hall–Kier alpha value is -0.510. The first-order valence-corrected chi connectivity index (χ1v) is 13.6. The van der Waals surface area contributed by atoms with Crippen molar-refractivity contribution in [3.63, 3.8) is 0 Å². The van der Waals surface area contributed by atoms with Gasteiger partial charge in [-0.15, -0.1) is 0 Å². The van der Waals surface area contributed by atoms with E-state index in [0.717, 1.165) is 17.8 Å². The second kappa shape index (κ2) is 14.5. The maximum absolute atomic E-state index is 9.90. The van der Waals surface area contributed by atoms with E-state index in [-0.39, 0.29) is 5.41 Å². The number of nitrogens with zero attached hydrogens (tertiary/aromatic N) is 1. The molecule has 2 fully saturated rings. The molecule has 0 aromatic heterocycles. The molecule has 0 N–H and O–H groups in total. The Morgan fingerprint density at radius 2 is 1.17 bits per heavy atom. The fourth-order valence-corrected chi connectivity index (χ4v) is 6.31. The van der Waals surface area contributed by atoms with Crippen LogP contribution in [0, 0.1) is 34.5 Å². The first-order chi connectivity index (χ1) is 14.2. The van der Waals surface area contributed by atoms with Crippen molar-refractivity contribution in [1.82, 2.24) is 0 Å². The summed E-state index contributed by atoms with van der Waals surface area (Å²) in [5.74, 6) is 2.95. The molecule has 2 saturated carbocycles. The molecule has 0 amide bonds. The Morgan fingerprint density at radius 3 is 1.76 bits per heavy atom. The topological polar surface area (TPSA) is 23.8 Å². The zero-order chi connectivity index (χ0) is 20.8. The van der Waals surface area contributed by atoms with E-state index < -0.39 is 0 Å². The van der Waals surface area contributed by atoms with Gasteiger partial charge in [-0.2, -0.15) is 5.26 Å². The average Bonchev–Trinajstić information content (AvgIpc) is 2.77. The maximum Gasteiger partial charge on any atom is 0.0689 e. The Balaban J connectivity index is 1.60. The number of hydrogen-bond donors (Lipinski definition) is 0. The second-order valence-electron chi connectivity index (χ2n) is 10.7. The molecule has 0 aromatic rings. The molecule has 29 heavy (non-hydrogen) atoms. The van der Waals surface area contributed by atoms with Crippen LogP contribution in [-0.4, -0.2) is 0 Å². The van der Waals surface area contributed by atoms with Crippen LogP contribution in [0.15, 0.2) is 0 Å². The lowest BCUT2D eigenvalue weighted by molar-refractivity contribution is 0.114. The van der Waals surface area contributed by atoms with Crippen molar-refractivity contribution in [2.24, 2.45) is 23.2 Å². The van der Waals surface area contributed by atoms with Gasteiger partial charge >= 0.3 is 0 Å². The van der Waals surface area contributed by atoms with Crippen LogP contribution in [0.1, 0.15) is 149 Å². The highest BCUT2D eigenvalue weighted by Crippen LogP contribution is 2.47. The van der Waals surface area contributed by atoms with Gasteiger partial charge in [-0.05, 0) is 62.7 Å². The predicted molar refractivity (Wildman–Crippen MR) is 127 cm³/mol. The van der Waals surface area contributed by atoms with Gasteiger partial charge in [-0.3, -0.25) is 0 Å². The Bertz CT molecular complexity index is 432. The van der Waals surface area contributed by atoms with Gasteiger partial charge in [0.1, 0.15) is 0 Å². The van der Waals surface area contributed by atoms with Crippen LogP contribution in [0.5, 0.6) is 0 Å². The van der Waals surface area contributed by atoms with Crippen molar-refractivity contribution in [2.75, 3.05) is 0 Å². The summed E-state index contributed by atoms with van der Waals surface area (Å²) in [5, 5.41) is 9.90. The molecule has 0 saturated heterocycles. The smallest absolute Gasteiger partial charge is 0.0689 e. The third-order valence-electron chi connectivity index (χ3n) is 8.51. The SMILES string of the molecule is CCCCCCCC[C@]1(C#N)CC[C@@H](C2CCC(CCCCCCC)CC2)CC1. The van der Waals surface area contributed by atoms with Crippen molar-refractivity contribution in [1.29, 1.82) is 5.26 Å². The van der Waals surface area contributed by atoms with E-state index >= 15 is 0 Å². The summed E-state index contributed by atoms with van der Waals surface area (Å²) in [6, 6.07) is 2.79. The van der Waals surface area contributed by atoms with Crippen LogP contribution in [-0.2, 0) is 0 Å². The van der Waals surface area contributed by atoms with E-state index in [4.69, 9.17) is 0 Å². The normalized spacial score (nSPS) is 30.2. The van der Waals surface area contributed by atoms with Crippen molar-refractivity contribution in [2.45, 2.75) is 149 Å². The quantitative estimate of drug-likeness (QED) is 0.266. The molecule has 0 aliphatic heterocycles. The van der Waals surface area contributed by atoms with Crippen LogP contribution in [0.25, 0.3) is 0 Å². The molecule has 2 aliphatic rings. The second-order valence-corrected chi connectivity index (χ2v) is 10.7. The molecule has 0 heterocycles. The molecule has 2 aliphatic carbocycles. The van der Waals surface area contributed by atoms with Crippen LogP contribution < -0.4 is 0 Å². The molecule has 1 heteroatoms. The highest BCUT2D eigenvalue weighted by Gasteiger charge is 2.38. The van der Waals surface area contributed by atoms with Crippen molar-refractivity contribution >= 4 is 0 Å². The fraction of sp³-hybridized carbons (Fsp3) is 0.964. The van der Waals surface area contributed by atoms with Gasteiger partial charge in [-0.25, -0.2) is 0 Å². The summed E-state index contributed by atoms with van der Waals surface area (Å²) in [6.45, 7) is 4.59. The minimum Gasteiger partial charge on any atom is -0.198 e. The summed E-state index contributed by atoms with van der Waals surface area (Å²) in [6.07, 6.45) is 29.0.